The second-order valence-corrected chi connectivity index (χ2v) is 9.19. The highest BCUT2D eigenvalue weighted by atomic mass is 32.1. The van der Waals surface area contributed by atoms with E-state index in [4.69, 9.17) is 17.0 Å². The number of carbonyl (C=O) groups excluding carboxylic acids is 1. The van der Waals surface area contributed by atoms with Gasteiger partial charge in [0.15, 0.2) is 10.2 Å². The summed E-state index contributed by atoms with van der Waals surface area (Å²) in [6.45, 7) is 2.80. The molecule has 0 radical (unpaired) electrons. The van der Waals surface area contributed by atoms with Crippen LogP contribution in [-0.4, -0.2) is 28.0 Å². The standard InChI is InChI=1S/C24H46O3S2/c1-2-3-4-5-6-7-8-9-10-11-12-13-14-15-16-17-18-19-20-27-24(29)22(25)21-23(26)28/h22,25H,2-21H2,1H3,(H,26,28). The molecule has 0 saturated heterocycles. The fourth-order valence-electron chi connectivity index (χ4n) is 3.52. The number of rotatable bonds is 22. The van der Waals surface area contributed by atoms with Crippen LogP contribution in [0.25, 0.3) is 0 Å². The number of aliphatic hydroxyl groups excluding tert-OH is 1. The molecule has 172 valence electrons. The van der Waals surface area contributed by atoms with Gasteiger partial charge in [0.25, 0.3) is 0 Å². The summed E-state index contributed by atoms with van der Waals surface area (Å²) in [5.74, 6) is 0. The Morgan fingerprint density at radius 3 is 1.45 bits per heavy atom. The summed E-state index contributed by atoms with van der Waals surface area (Å²) < 4.78 is 5.33. The number of ether oxygens (including phenoxy) is 1. The van der Waals surface area contributed by atoms with E-state index in [1.807, 2.05) is 0 Å². The minimum Gasteiger partial charge on any atom is -0.484 e. The zero-order valence-corrected chi connectivity index (χ0v) is 20.5. The summed E-state index contributed by atoms with van der Waals surface area (Å²) in [5.41, 5.74) is 0. The Morgan fingerprint density at radius 1 is 0.759 bits per heavy atom. The van der Waals surface area contributed by atoms with E-state index in [1.165, 1.54) is 103 Å². The Labute approximate surface area is 191 Å². The van der Waals surface area contributed by atoms with E-state index in [2.05, 4.69) is 19.6 Å². The Bertz CT molecular complexity index is 388. The lowest BCUT2D eigenvalue weighted by Crippen LogP contribution is -2.23. The molecule has 0 amide bonds. The van der Waals surface area contributed by atoms with Gasteiger partial charge >= 0.3 is 0 Å². The minimum atomic E-state index is -1.01. The van der Waals surface area contributed by atoms with Crippen LogP contribution in [0.1, 0.15) is 129 Å². The first-order valence-corrected chi connectivity index (χ1v) is 13.0. The van der Waals surface area contributed by atoms with Crippen molar-refractivity contribution in [1.82, 2.24) is 0 Å². The quantitative estimate of drug-likeness (QED) is 0.102. The molecule has 1 unspecified atom stereocenters. The van der Waals surface area contributed by atoms with E-state index in [1.54, 1.807) is 0 Å². The maximum Gasteiger partial charge on any atom is 0.189 e. The van der Waals surface area contributed by atoms with Crippen molar-refractivity contribution in [2.45, 2.75) is 135 Å². The van der Waals surface area contributed by atoms with Gasteiger partial charge in [0.1, 0.15) is 6.10 Å². The lowest BCUT2D eigenvalue weighted by Gasteiger charge is -2.11. The topological polar surface area (TPSA) is 46.5 Å². The van der Waals surface area contributed by atoms with Crippen LogP contribution in [0.2, 0.25) is 0 Å². The average molecular weight is 447 g/mol. The normalized spacial score (nSPS) is 12.1. The molecule has 0 rings (SSSR count). The highest BCUT2D eigenvalue weighted by Crippen LogP contribution is 2.14. The molecule has 0 aromatic heterocycles. The number of carbonyl (C=O) groups is 1. The molecule has 0 fully saturated rings. The summed E-state index contributed by atoms with van der Waals surface area (Å²) in [7, 11) is 0. The van der Waals surface area contributed by atoms with Gasteiger partial charge in [-0.05, 0) is 18.6 Å². The fraction of sp³-hybridized carbons (Fsp3) is 0.917. The van der Waals surface area contributed by atoms with Gasteiger partial charge < -0.3 is 9.84 Å². The molecular weight excluding hydrogens is 400 g/mol. The first kappa shape index (κ1) is 28.9. The molecule has 29 heavy (non-hydrogen) atoms. The molecule has 1 N–H and O–H groups in total. The van der Waals surface area contributed by atoms with Gasteiger partial charge in [-0.3, -0.25) is 4.79 Å². The number of hydrogen-bond donors (Lipinski definition) is 2. The smallest absolute Gasteiger partial charge is 0.189 e. The Hall–Kier alpha value is -0.130. The molecule has 0 aliphatic carbocycles. The molecule has 0 aliphatic rings. The minimum absolute atomic E-state index is 0.0823. The lowest BCUT2D eigenvalue weighted by atomic mass is 10.0. The zero-order chi connectivity index (χ0) is 21.6. The Balaban J connectivity index is 3.17. The zero-order valence-electron chi connectivity index (χ0n) is 18.8. The van der Waals surface area contributed by atoms with Gasteiger partial charge in [-0.15, -0.1) is 12.6 Å². The van der Waals surface area contributed by atoms with Crippen molar-refractivity contribution in [1.29, 1.82) is 0 Å². The van der Waals surface area contributed by atoms with Gasteiger partial charge in [0.2, 0.25) is 0 Å². The van der Waals surface area contributed by atoms with Crippen LogP contribution in [0.4, 0.5) is 0 Å². The average Bonchev–Trinajstić information content (AvgIpc) is 2.69. The first-order chi connectivity index (χ1) is 14.1. The van der Waals surface area contributed by atoms with Gasteiger partial charge in [-0.1, -0.05) is 116 Å². The molecule has 1 atom stereocenters. The van der Waals surface area contributed by atoms with E-state index in [0.717, 1.165) is 12.8 Å². The number of unbranched alkanes of at least 4 members (excludes halogenated alkanes) is 17. The molecule has 0 aromatic rings. The largest absolute Gasteiger partial charge is 0.484 e. The maximum absolute atomic E-state index is 10.8. The van der Waals surface area contributed by atoms with E-state index in [0.29, 0.717) is 6.61 Å². The molecule has 0 aliphatic heterocycles. The van der Waals surface area contributed by atoms with Crippen LogP contribution in [0.5, 0.6) is 0 Å². The lowest BCUT2D eigenvalue weighted by molar-refractivity contribution is -0.111. The molecule has 0 aromatic carbocycles. The number of hydrogen-bond acceptors (Lipinski definition) is 4. The number of thiol groups is 1. The third-order valence-electron chi connectivity index (χ3n) is 5.38. The van der Waals surface area contributed by atoms with Crippen molar-refractivity contribution >= 4 is 35.0 Å². The van der Waals surface area contributed by atoms with E-state index < -0.39 is 6.10 Å². The SMILES string of the molecule is CCCCCCCCCCCCCCCCCCCCOC(=S)C(O)CC(=O)S. The van der Waals surface area contributed by atoms with Crippen LogP contribution < -0.4 is 0 Å². The van der Waals surface area contributed by atoms with Crippen LogP contribution in [-0.2, 0) is 9.53 Å². The van der Waals surface area contributed by atoms with E-state index >= 15 is 0 Å². The van der Waals surface area contributed by atoms with Crippen LogP contribution in [0.15, 0.2) is 0 Å². The third kappa shape index (κ3) is 22.4. The van der Waals surface area contributed by atoms with Crippen molar-refractivity contribution in [3.05, 3.63) is 0 Å². The molecule has 0 saturated carbocycles. The molecule has 0 spiro atoms. The molecule has 0 heterocycles. The maximum atomic E-state index is 10.8. The summed E-state index contributed by atoms with van der Waals surface area (Å²) >= 11 is 8.59. The van der Waals surface area contributed by atoms with Crippen LogP contribution >= 0.6 is 24.8 Å². The molecular formula is C24H46O3S2. The Kier molecular flexibility index (Phi) is 22.5. The first-order valence-electron chi connectivity index (χ1n) is 12.1. The fourth-order valence-corrected chi connectivity index (χ4v) is 3.86. The van der Waals surface area contributed by atoms with Crippen molar-refractivity contribution in [3.63, 3.8) is 0 Å². The summed E-state index contributed by atoms with van der Waals surface area (Å²) in [4.78, 5) is 10.8. The van der Waals surface area contributed by atoms with Gasteiger partial charge in [-0.2, -0.15) is 0 Å². The monoisotopic (exact) mass is 446 g/mol. The van der Waals surface area contributed by atoms with Gasteiger partial charge in [0.05, 0.1) is 13.0 Å². The summed E-state index contributed by atoms with van der Waals surface area (Å²) in [6, 6.07) is 0. The molecule has 5 heteroatoms. The Morgan fingerprint density at radius 2 is 1.10 bits per heavy atom. The van der Waals surface area contributed by atoms with Crippen molar-refractivity contribution in [2.75, 3.05) is 6.61 Å². The number of thiocarbonyl (C=S) groups is 1. The van der Waals surface area contributed by atoms with E-state index in [-0.39, 0.29) is 16.6 Å². The number of aliphatic hydroxyl groups is 1. The van der Waals surface area contributed by atoms with Gasteiger partial charge in [-0.25, -0.2) is 0 Å². The predicted molar refractivity (Wildman–Crippen MR) is 132 cm³/mol. The summed E-state index contributed by atoms with van der Waals surface area (Å²) in [5, 5.41) is 9.34. The van der Waals surface area contributed by atoms with Crippen molar-refractivity contribution in [2.24, 2.45) is 0 Å². The van der Waals surface area contributed by atoms with E-state index in [9.17, 15) is 9.90 Å². The van der Waals surface area contributed by atoms with Crippen LogP contribution in [0.3, 0.4) is 0 Å². The van der Waals surface area contributed by atoms with Crippen molar-refractivity contribution < 1.29 is 14.6 Å². The predicted octanol–water partition coefficient (Wildman–Crippen LogP) is 7.58. The highest BCUT2D eigenvalue weighted by Gasteiger charge is 2.14. The highest BCUT2D eigenvalue weighted by molar-refractivity contribution is 7.96. The molecule has 3 nitrogen and oxygen atoms in total. The molecule has 0 bridgehead atoms. The second kappa shape index (κ2) is 22.6. The second-order valence-electron chi connectivity index (χ2n) is 8.29. The third-order valence-corrected chi connectivity index (χ3v) is 5.95. The summed E-state index contributed by atoms with van der Waals surface area (Å²) in [6.07, 6.45) is 23.2. The van der Waals surface area contributed by atoms with Crippen LogP contribution in [0, 0.1) is 0 Å². The van der Waals surface area contributed by atoms with Gasteiger partial charge in [0, 0.05) is 0 Å². The van der Waals surface area contributed by atoms with Crippen molar-refractivity contribution in [3.8, 4) is 0 Å².